The topological polar surface area (TPSA) is 47.9 Å². The molecular formula is C16H15NO3. The minimum atomic E-state index is -0.369. The molecule has 0 aliphatic rings. The first kappa shape index (κ1) is 13.8. The second kappa shape index (κ2) is 6.52. The lowest BCUT2D eigenvalue weighted by Crippen LogP contribution is -1.99. The Bertz CT molecular complexity index is 618. The molecule has 0 unspecified atom stereocenters. The molecule has 0 fully saturated rings. The summed E-state index contributed by atoms with van der Waals surface area (Å²) in [6, 6.07) is 14.5. The molecule has 2 rings (SSSR count). The van der Waals surface area contributed by atoms with Gasteiger partial charge in [0.15, 0.2) is 0 Å². The summed E-state index contributed by atoms with van der Waals surface area (Å²) >= 11 is 0. The third-order valence-electron chi connectivity index (χ3n) is 2.75. The fraction of sp³-hybridized carbons (Fsp3) is 0.125. The van der Waals surface area contributed by atoms with Crippen LogP contribution >= 0.6 is 0 Å². The van der Waals surface area contributed by atoms with Crippen LogP contribution in [0.1, 0.15) is 15.9 Å². The maximum atomic E-state index is 11.4. The maximum Gasteiger partial charge on any atom is 0.337 e. The average Bonchev–Trinajstić information content (AvgIpc) is 2.53. The predicted octanol–water partition coefficient (Wildman–Crippen LogP) is 3.23. The summed E-state index contributed by atoms with van der Waals surface area (Å²) in [5.74, 6) is 0.432. The van der Waals surface area contributed by atoms with Gasteiger partial charge in [0.25, 0.3) is 0 Å². The van der Waals surface area contributed by atoms with E-state index in [0.717, 1.165) is 11.3 Å². The molecule has 2 aromatic rings. The molecule has 0 radical (unpaired) electrons. The van der Waals surface area contributed by atoms with Gasteiger partial charge in [-0.3, -0.25) is 4.99 Å². The fourth-order valence-electron chi connectivity index (χ4n) is 1.67. The van der Waals surface area contributed by atoms with E-state index < -0.39 is 0 Å². The molecule has 0 aromatic heterocycles. The number of benzene rings is 2. The van der Waals surface area contributed by atoms with Gasteiger partial charge in [0.05, 0.1) is 25.5 Å². The number of rotatable bonds is 4. The van der Waals surface area contributed by atoms with Crippen molar-refractivity contribution in [3.63, 3.8) is 0 Å². The summed E-state index contributed by atoms with van der Waals surface area (Å²) < 4.78 is 9.77. The standard InChI is InChI=1S/C16H15NO3/c1-19-15-8-6-12(7-9-15)11-17-14-5-3-4-13(10-14)16(18)20-2/h3-11H,1-2H3/b17-11+. The van der Waals surface area contributed by atoms with Crippen LogP contribution in [0, 0.1) is 0 Å². The molecule has 0 N–H and O–H groups in total. The number of hydrogen-bond donors (Lipinski definition) is 0. The molecule has 20 heavy (non-hydrogen) atoms. The second-order valence-electron chi connectivity index (χ2n) is 4.07. The van der Waals surface area contributed by atoms with Crippen LogP contribution in [0.25, 0.3) is 0 Å². The van der Waals surface area contributed by atoms with Crippen molar-refractivity contribution in [3.8, 4) is 5.75 Å². The molecular weight excluding hydrogens is 254 g/mol. The number of methoxy groups -OCH3 is 2. The van der Waals surface area contributed by atoms with Gasteiger partial charge >= 0.3 is 5.97 Å². The van der Waals surface area contributed by atoms with Gasteiger partial charge in [-0.05, 0) is 48.0 Å². The number of carbonyl (C=O) groups excluding carboxylic acids is 1. The van der Waals surface area contributed by atoms with Crippen molar-refractivity contribution in [2.75, 3.05) is 14.2 Å². The zero-order chi connectivity index (χ0) is 14.4. The highest BCUT2D eigenvalue weighted by Crippen LogP contribution is 2.16. The quantitative estimate of drug-likeness (QED) is 0.632. The van der Waals surface area contributed by atoms with Crippen LogP contribution in [0.4, 0.5) is 5.69 Å². The number of carbonyl (C=O) groups is 1. The molecule has 0 heterocycles. The lowest BCUT2D eigenvalue weighted by Gasteiger charge is -2.01. The van der Waals surface area contributed by atoms with E-state index >= 15 is 0 Å². The van der Waals surface area contributed by atoms with E-state index in [1.807, 2.05) is 30.3 Å². The van der Waals surface area contributed by atoms with E-state index in [0.29, 0.717) is 11.3 Å². The van der Waals surface area contributed by atoms with Gasteiger partial charge in [-0.2, -0.15) is 0 Å². The smallest absolute Gasteiger partial charge is 0.337 e. The first-order valence-corrected chi connectivity index (χ1v) is 6.09. The summed E-state index contributed by atoms with van der Waals surface area (Å²) in [7, 11) is 2.98. The van der Waals surface area contributed by atoms with Gasteiger partial charge < -0.3 is 9.47 Å². The van der Waals surface area contributed by atoms with Gasteiger partial charge in [0.2, 0.25) is 0 Å². The van der Waals surface area contributed by atoms with Crippen molar-refractivity contribution in [1.82, 2.24) is 0 Å². The largest absolute Gasteiger partial charge is 0.497 e. The summed E-state index contributed by atoms with van der Waals surface area (Å²) in [5.41, 5.74) is 2.13. The number of nitrogens with zero attached hydrogens (tertiary/aromatic N) is 1. The van der Waals surface area contributed by atoms with Gasteiger partial charge in [-0.1, -0.05) is 6.07 Å². The molecule has 2 aromatic carbocycles. The lowest BCUT2D eigenvalue weighted by atomic mass is 10.2. The molecule has 4 nitrogen and oxygen atoms in total. The van der Waals surface area contributed by atoms with E-state index in [9.17, 15) is 4.79 Å². The number of esters is 1. The molecule has 0 saturated heterocycles. The van der Waals surface area contributed by atoms with Crippen LogP contribution in [0.5, 0.6) is 5.75 Å². The fourth-order valence-corrected chi connectivity index (χ4v) is 1.67. The Balaban J connectivity index is 2.16. The Morgan fingerprint density at radius 1 is 1.10 bits per heavy atom. The van der Waals surface area contributed by atoms with Crippen molar-refractivity contribution >= 4 is 17.9 Å². The summed E-state index contributed by atoms with van der Waals surface area (Å²) in [6.45, 7) is 0. The van der Waals surface area contributed by atoms with Crippen molar-refractivity contribution in [2.45, 2.75) is 0 Å². The molecule has 0 bridgehead atoms. The molecule has 102 valence electrons. The number of hydrogen-bond acceptors (Lipinski definition) is 4. The van der Waals surface area contributed by atoms with Crippen LogP contribution in [0.2, 0.25) is 0 Å². The summed E-state index contributed by atoms with van der Waals surface area (Å²) in [4.78, 5) is 15.8. The van der Waals surface area contributed by atoms with E-state index in [-0.39, 0.29) is 5.97 Å². The third kappa shape index (κ3) is 3.45. The highest BCUT2D eigenvalue weighted by atomic mass is 16.5. The van der Waals surface area contributed by atoms with Gasteiger partial charge in [0, 0.05) is 6.21 Å². The van der Waals surface area contributed by atoms with E-state index in [1.54, 1.807) is 31.5 Å². The Hall–Kier alpha value is -2.62. The van der Waals surface area contributed by atoms with Crippen LogP contribution in [0.15, 0.2) is 53.5 Å². The molecule has 0 amide bonds. The van der Waals surface area contributed by atoms with Crippen LogP contribution in [-0.2, 0) is 4.74 Å². The Morgan fingerprint density at radius 3 is 2.50 bits per heavy atom. The zero-order valence-electron chi connectivity index (χ0n) is 11.4. The maximum absolute atomic E-state index is 11.4. The highest BCUT2D eigenvalue weighted by molar-refractivity contribution is 5.90. The Kier molecular flexibility index (Phi) is 4.50. The van der Waals surface area contributed by atoms with Gasteiger partial charge in [-0.25, -0.2) is 4.79 Å². The van der Waals surface area contributed by atoms with Crippen LogP contribution < -0.4 is 4.74 Å². The minimum absolute atomic E-state index is 0.369. The van der Waals surface area contributed by atoms with Crippen molar-refractivity contribution in [2.24, 2.45) is 4.99 Å². The normalized spacial score (nSPS) is 10.5. The summed E-state index contributed by atoms with van der Waals surface area (Å²) in [6.07, 6.45) is 1.73. The van der Waals surface area contributed by atoms with E-state index in [2.05, 4.69) is 9.73 Å². The van der Waals surface area contributed by atoms with E-state index in [4.69, 9.17) is 4.74 Å². The summed E-state index contributed by atoms with van der Waals surface area (Å²) in [5, 5.41) is 0. The molecule has 0 aliphatic carbocycles. The molecule has 0 atom stereocenters. The third-order valence-corrected chi connectivity index (χ3v) is 2.75. The Morgan fingerprint density at radius 2 is 1.85 bits per heavy atom. The molecule has 0 aliphatic heterocycles. The molecule has 0 spiro atoms. The number of aliphatic imine (C=N–C) groups is 1. The van der Waals surface area contributed by atoms with Crippen molar-refractivity contribution in [1.29, 1.82) is 0 Å². The SMILES string of the molecule is COC(=O)c1cccc(/N=C/c2ccc(OC)cc2)c1. The van der Waals surface area contributed by atoms with E-state index in [1.165, 1.54) is 7.11 Å². The minimum Gasteiger partial charge on any atom is -0.497 e. The van der Waals surface area contributed by atoms with Crippen molar-refractivity contribution in [3.05, 3.63) is 59.7 Å². The molecule has 0 saturated carbocycles. The Labute approximate surface area is 117 Å². The average molecular weight is 269 g/mol. The first-order valence-electron chi connectivity index (χ1n) is 6.09. The van der Waals surface area contributed by atoms with Gasteiger partial charge in [-0.15, -0.1) is 0 Å². The second-order valence-corrected chi connectivity index (χ2v) is 4.07. The zero-order valence-corrected chi connectivity index (χ0v) is 11.4. The predicted molar refractivity (Wildman–Crippen MR) is 78.0 cm³/mol. The number of ether oxygens (including phenoxy) is 2. The van der Waals surface area contributed by atoms with Crippen LogP contribution in [-0.4, -0.2) is 26.4 Å². The monoisotopic (exact) mass is 269 g/mol. The van der Waals surface area contributed by atoms with Gasteiger partial charge in [0.1, 0.15) is 5.75 Å². The molecule has 4 heteroatoms. The van der Waals surface area contributed by atoms with Crippen LogP contribution in [0.3, 0.4) is 0 Å². The first-order chi connectivity index (χ1) is 9.72. The van der Waals surface area contributed by atoms with Crippen molar-refractivity contribution < 1.29 is 14.3 Å². The highest BCUT2D eigenvalue weighted by Gasteiger charge is 2.04. The lowest BCUT2D eigenvalue weighted by molar-refractivity contribution is 0.0601.